The number of hydrogen-bond donors (Lipinski definition) is 1. The van der Waals surface area contributed by atoms with Crippen molar-refractivity contribution in [3.05, 3.63) is 71.3 Å². The van der Waals surface area contributed by atoms with E-state index in [0.29, 0.717) is 36.1 Å². The van der Waals surface area contributed by atoms with Crippen LogP contribution in [-0.2, 0) is 21.1 Å². The van der Waals surface area contributed by atoms with Gasteiger partial charge in [0.1, 0.15) is 6.79 Å². The van der Waals surface area contributed by atoms with Gasteiger partial charge in [-0.05, 0) is 56.9 Å². The number of alkyl halides is 3. The van der Waals surface area contributed by atoms with Crippen LogP contribution in [0.3, 0.4) is 0 Å². The second kappa shape index (κ2) is 10.7. The molecular weight excluding hydrogens is 487 g/mol. The van der Waals surface area contributed by atoms with Crippen LogP contribution in [0.4, 0.5) is 18.9 Å². The SMILES string of the molecule is COCOC1CCC(C#N)(c2ccc(NC(=O)c3cnn(-c4ccc(C)cc4)c3C(F)(F)F)cn2)CC1. The van der Waals surface area contributed by atoms with E-state index in [4.69, 9.17) is 9.47 Å². The molecule has 2 aromatic heterocycles. The molecule has 11 heteroatoms. The molecule has 1 aliphatic rings. The number of carbonyl (C=O) groups is 1. The van der Waals surface area contributed by atoms with Crippen molar-refractivity contribution in [2.24, 2.45) is 0 Å². The van der Waals surface area contributed by atoms with Crippen molar-refractivity contribution in [3.8, 4) is 11.8 Å². The van der Waals surface area contributed by atoms with E-state index in [1.54, 1.807) is 25.3 Å². The van der Waals surface area contributed by atoms with Gasteiger partial charge in [0.15, 0.2) is 5.69 Å². The number of ether oxygens (including phenoxy) is 2. The second-order valence-corrected chi connectivity index (χ2v) is 9.00. The summed E-state index contributed by atoms with van der Waals surface area (Å²) < 4.78 is 53.1. The van der Waals surface area contributed by atoms with E-state index in [2.05, 4.69) is 21.5 Å². The third-order valence-corrected chi connectivity index (χ3v) is 6.49. The van der Waals surface area contributed by atoms with Crippen LogP contribution in [0, 0.1) is 18.3 Å². The standard InChI is InChI=1S/C26H26F3N5O3/c1-17-3-6-19(7-4-17)34-23(26(27,28)29)21(14-32-34)24(35)33-18-5-8-22(31-13-18)25(15-30)11-9-20(10-12-25)37-16-36-2/h3-8,13-14,20H,9-12,16H2,1-2H3,(H,33,35). The maximum Gasteiger partial charge on any atom is 0.434 e. The predicted molar refractivity (Wildman–Crippen MR) is 128 cm³/mol. The lowest BCUT2D eigenvalue weighted by Gasteiger charge is -2.34. The zero-order valence-electron chi connectivity index (χ0n) is 20.4. The predicted octanol–water partition coefficient (Wildman–Crippen LogP) is 5.17. The minimum Gasteiger partial charge on any atom is -0.359 e. The summed E-state index contributed by atoms with van der Waals surface area (Å²) in [7, 11) is 1.55. The van der Waals surface area contributed by atoms with Crippen molar-refractivity contribution >= 4 is 11.6 Å². The van der Waals surface area contributed by atoms with E-state index in [1.807, 2.05) is 6.92 Å². The van der Waals surface area contributed by atoms with Gasteiger partial charge < -0.3 is 14.8 Å². The van der Waals surface area contributed by atoms with Gasteiger partial charge in [0.05, 0.1) is 52.6 Å². The summed E-state index contributed by atoms with van der Waals surface area (Å²) in [4.78, 5) is 17.2. The number of halogens is 3. The molecule has 1 saturated carbocycles. The number of aromatic nitrogens is 3. The normalized spacial score (nSPS) is 19.8. The lowest BCUT2D eigenvalue weighted by Crippen LogP contribution is -2.34. The van der Waals surface area contributed by atoms with Crippen LogP contribution in [0.5, 0.6) is 0 Å². The number of nitrogens with one attached hydrogen (secondary N) is 1. The number of hydrogen-bond acceptors (Lipinski definition) is 6. The molecule has 0 radical (unpaired) electrons. The van der Waals surface area contributed by atoms with Gasteiger partial charge in [-0.25, -0.2) is 4.68 Å². The zero-order valence-corrected chi connectivity index (χ0v) is 20.4. The molecule has 3 aromatic rings. The Kier molecular flexibility index (Phi) is 7.61. The molecule has 1 aliphatic carbocycles. The summed E-state index contributed by atoms with van der Waals surface area (Å²) in [5, 5.41) is 16.2. The Labute approximate surface area is 212 Å². The minimum absolute atomic E-state index is 0.00337. The van der Waals surface area contributed by atoms with Crippen molar-refractivity contribution in [2.45, 2.75) is 50.3 Å². The first-order valence-electron chi connectivity index (χ1n) is 11.7. The third-order valence-electron chi connectivity index (χ3n) is 6.49. The molecule has 37 heavy (non-hydrogen) atoms. The Morgan fingerprint density at radius 3 is 2.46 bits per heavy atom. The van der Waals surface area contributed by atoms with Crippen molar-refractivity contribution in [1.82, 2.24) is 14.8 Å². The van der Waals surface area contributed by atoms with E-state index in [0.717, 1.165) is 11.8 Å². The van der Waals surface area contributed by atoms with Crippen molar-refractivity contribution in [2.75, 3.05) is 19.2 Å². The number of pyridine rings is 1. The summed E-state index contributed by atoms with van der Waals surface area (Å²) in [6, 6.07) is 11.9. The van der Waals surface area contributed by atoms with Crippen LogP contribution >= 0.6 is 0 Å². The molecule has 0 atom stereocenters. The van der Waals surface area contributed by atoms with Gasteiger partial charge in [-0.15, -0.1) is 0 Å². The molecule has 4 rings (SSSR count). The van der Waals surface area contributed by atoms with Gasteiger partial charge in [0.2, 0.25) is 0 Å². The topological polar surface area (TPSA) is 102 Å². The molecule has 2 heterocycles. The highest BCUT2D eigenvalue weighted by Crippen LogP contribution is 2.39. The number of anilines is 1. The summed E-state index contributed by atoms with van der Waals surface area (Å²) in [5.41, 5.74) is -0.768. The number of carbonyl (C=O) groups excluding carboxylic acids is 1. The van der Waals surface area contributed by atoms with Crippen LogP contribution in [0.25, 0.3) is 5.69 Å². The molecule has 194 valence electrons. The third kappa shape index (κ3) is 5.65. The number of nitriles is 1. The first-order chi connectivity index (χ1) is 17.7. The number of rotatable bonds is 7. The van der Waals surface area contributed by atoms with Crippen LogP contribution in [0.15, 0.2) is 48.8 Å². The number of amides is 1. The molecule has 0 bridgehead atoms. The monoisotopic (exact) mass is 513 g/mol. The highest BCUT2D eigenvalue weighted by atomic mass is 19.4. The van der Waals surface area contributed by atoms with Crippen molar-refractivity contribution < 1.29 is 27.4 Å². The molecule has 0 spiro atoms. The van der Waals surface area contributed by atoms with E-state index in [9.17, 15) is 23.2 Å². The van der Waals surface area contributed by atoms with Crippen molar-refractivity contribution in [1.29, 1.82) is 5.26 Å². The lowest BCUT2D eigenvalue weighted by molar-refractivity contribution is -0.143. The van der Waals surface area contributed by atoms with E-state index >= 15 is 0 Å². The average Bonchev–Trinajstić information content (AvgIpc) is 3.35. The van der Waals surface area contributed by atoms with Gasteiger partial charge in [-0.3, -0.25) is 9.78 Å². The molecule has 1 amide bonds. The molecule has 0 unspecified atom stereocenters. The Balaban J connectivity index is 1.52. The molecule has 8 nitrogen and oxygen atoms in total. The number of nitrogens with zero attached hydrogens (tertiary/aromatic N) is 4. The van der Waals surface area contributed by atoms with Gasteiger partial charge in [0, 0.05) is 7.11 Å². The summed E-state index contributed by atoms with van der Waals surface area (Å²) in [6.07, 6.45) is -0.144. The largest absolute Gasteiger partial charge is 0.434 e. The fraction of sp³-hybridized carbons (Fsp3) is 0.385. The highest BCUT2D eigenvalue weighted by molar-refractivity contribution is 6.05. The second-order valence-electron chi connectivity index (χ2n) is 9.00. The van der Waals surface area contributed by atoms with Crippen LogP contribution < -0.4 is 5.32 Å². The first-order valence-corrected chi connectivity index (χ1v) is 11.7. The fourth-order valence-corrected chi connectivity index (χ4v) is 4.46. The fourth-order valence-electron chi connectivity index (χ4n) is 4.46. The lowest BCUT2D eigenvalue weighted by atomic mass is 9.72. The molecule has 1 N–H and O–H groups in total. The first kappa shape index (κ1) is 26.3. The van der Waals surface area contributed by atoms with Crippen LogP contribution in [0.1, 0.15) is 53.0 Å². The summed E-state index contributed by atoms with van der Waals surface area (Å²) >= 11 is 0. The Bertz CT molecular complexity index is 1270. The Morgan fingerprint density at radius 2 is 1.89 bits per heavy atom. The number of methoxy groups -OCH3 is 1. The Hall–Kier alpha value is -3.75. The highest BCUT2D eigenvalue weighted by Gasteiger charge is 2.41. The minimum atomic E-state index is -4.82. The average molecular weight is 514 g/mol. The maximum absolute atomic E-state index is 13.9. The molecule has 0 aliphatic heterocycles. The molecule has 0 saturated heterocycles. The van der Waals surface area contributed by atoms with Gasteiger partial charge in [-0.2, -0.15) is 23.5 Å². The molecule has 1 fully saturated rings. The van der Waals surface area contributed by atoms with Gasteiger partial charge >= 0.3 is 6.18 Å². The van der Waals surface area contributed by atoms with Crippen LogP contribution in [0.2, 0.25) is 0 Å². The zero-order chi connectivity index (χ0) is 26.6. The van der Waals surface area contributed by atoms with Gasteiger partial charge in [0.25, 0.3) is 5.91 Å². The number of benzene rings is 1. The quantitative estimate of drug-likeness (QED) is 0.438. The van der Waals surface area contributed by atoms with Crippen molar-refractivity contribution in [3.63, 3.8) is 0 Å². The maximum atomic E-state index is 13.9. The van der Waals surface area contributed by atoms with E-state index < -0.39 is 28.8 Å². The smallest absolute Gasteiger partial charge is 0.359 e. The summed E-state index contributed by atoms with van der Waals surface area (Å²) in [6.45, 7) is 2.01. The number of aryl methyl sites for hydroxylation is 1. The van der Waals surface area contributed by atoms with E-state index in [1.165, 1.54) is 24.4 Å². The Morgan fingerprint density at radius 1 is 1.19 bits per heavy atom. The van der Waals surface area contributed by atoms with E-state index in [-0.39, 0.29) is 24.3 Å². The molecular formula is C26H26F3N5O3. The summed E-state index contributed by atoms with van der Waals surface area (Å²) in [5.74, 6) is -0.967. The van der Waals surface area contributed by atoms with Gasteiger partial charge in [-0.1, -0.05) is 17.7 Å². The van der Waals surface area contributed by atoms with Crippen LogP contribution in [-0.4, -0.2) is 40.7 Å². The molecule has 1 aromatic carbocycles.